The molecule has 1 aromatic heterocycles. The molecule has 0 fully saturated rings. The first kappa shape index (κ1) is 13.2. The van der Waals surface area contributed by atoms with E-state index >= 15 is 0 Å². The predicted molar refractivity (Wildman–Crippen MR) is 66.7 cm³/mol. The largest absolute Gasteiger partial charge is 0.461 e. The zero-order valence-corrected chi connectivity index (χ0v) is 11.0. The molecule has 3 nitrogen and oxygen atoms in total. The lowest BCUT2D eigenvalue weighted by atomic mass is 10.0. The summed E-state index contributed by atoms with van der Waals surface area (Å²) in [6.07, 6.45) is -0.142. The molecule has 0 saturated carbocycles. The van der Waals surface area contributed by atoms with Crippen molar-refractivity contribution < 1.29 is 9.53 Å². The van der Waals surface area contributed by atoms with E-state index in [0.717, 1.165) is 0 Å². The number of hydrogen-bond acceptors (Lipinski definition) is 4. The highest BCUT2D eigenvalue weighted by atomic mass is 32.1. The predicted octanol–water partition coefficient (Wildman–Crippen LogP) is 2.44. The van der Waals surface area contributed by atoms with E-state index in [1.165, 1.54) is 9.75 Å². The Labute approximate surface area is 101 Å². The van der Waals surface area contributed by atoms with E-state index in [2.05, 4.69) is 26.0 Å². The van der Waals surface area contributed by atoms with Gasteiger partial charge in [0, 0.05) is 15.7 Å². The van der Waals surface area contributed by atoms with Crippen LogP contribution in [-0.2, 0) is 9.53 Å². The Balaban J connectivity index is 2.60. The average Bonchev–Trinajstić information content (AvgIpc) is 2.63. The summed E-state index contributed by atoms with van der Waals surface area (Å²) >= 11 is 1.74. The van der Waals surface area contributed by atoms with E-state index in [1.807, 2.05) is 6.92 Å². The normalized spacial score (nSPS) is 16.6. The molecular formula is C12H19NO2S. The molecule has 0 aromatic carbocycles. The number of rotatable bonds is 4. The molecule has 1 aromatic rings. The Morgan fingerprint density at radius 1 is 1.38 bits per heavy atom. The maximum atomic E-state index is 11.4. The summed E-state index contributed by atoms with van der Waals surface area (Å²) in [5.74, 6) is -0.131. The van der Waals surface area contributed by atoms with Crippen molar-refractivity contribution >= 4 is 17.3 Å². The lowest BCUT2D eigenvalue weighted by Crippen LogP contribution is -2.32. The first-order valence-corrected chi connectivity index (χ1v) is 6.26. The number of esters is 1. The van der Waals surface area contributed by atoms with Crippen molar-refractivity contribution in [3.63, 3.8) is 0 Å². The second kappa shape index (κ2) is 5.46. The Hall–Kier alpha value is -0.870. The molecule has 3 atom stereocenters. The molecule has 0 aliphatic carbocycles. The van der Waals surface area contributed by atoms with Crippen LogP contribution in [0, 0.1) is 6.92 Å². The lowest BCUT2D eigenvalue weighted by molar-refractivity contribution is -0.150. The average molecular weight is 241 g/mol. The quantitative estimate of drug-likeness (QED) is 0.824. The third-order valence-corrected chi connectivity index (χ3v) is 3.79. The van der Waals surface area contributed by atoms with Gasteiger partial charge in [-0.1, -0.05) is 6.92 Å². The summed E-state index contributed by atoms with van der Waals surface area (Å²) in [4.78, 5) is 13.9. The minimum absolute atomic E-state index is 0.142. The van der Waals surface area contributed by atoms with Crippen LogP contribution in [-0.4, -0.2) is 18.1 Å². The van der Waals surface area contributed by atoms with E-state index < -0.39 is 6.04 Å². The monoisotopic (exact) mass is 241 g/mol. The first-order chi connectivity index (χ1) is 7.41. The van der Waals surface area contributed by atoms with Gasteiger partial charge in [-0.25, -0.2) is 0 Å². The molecule has 1 rings (SSSR count). The molecule has 0 aliphatic heterocycles. The summed E-state index contributed by atoms with van der Waals surface area (Å²) in [7, 11) is 0. The van der Waals surface area contributed by atoms with Gasteiger partial charge in [0.1, 0.15) is 12.1 Å². The third-order valence-electron chi connectivity index (χ3n) is 2.59. The molecule has 0 bridgehead atoms. The van der Waals surface area contributed by atoms with Crippen molar-refractivity contribution in [2.75, 3.05) is 0 Å². The van der Waals surface area contributed by atoms with Crippen LogP contribution in [0.1, 0.15) is 36.4 Å². The number of thiophene rings is 1. The first-order valence-electron chi connectivity index (χ1n) is 5.44. The summed E-state index contributed by atoms with van der Waals surface area (Å²) in [6.45, 7) is 7.67. The molecule has 16 heavy (non-hydrogen) atoms. The maximum absolute atomic E-state index is 11.4. The van der Waals surface area contributed by atoms with Crippen molar-refractivity contribution in [1.29, 1.82) is 0 Å². The van der Waals surface area contributed by atoms with Crippen LogP contribution in [0.4, 0.5) is 0 Å². The van der Waals surface area contributed by atoms with Crippen molar-refractivity contribution in [1.82, 2.24) is 0 Å². The molecule has 0 saturated heterocycles. The topological polar surface area (TPSA) is 52.3 Å². The summed E-state index contributed by atoms with van der Waals surface area (Å²) < 4.78 is 5.28. The van der Waals surface area contributed by atoms with Crippen LogP contribution >= 0.6 is 11.3 Å². The van der Waals surface area contributed by atoms with Crippen molar-refractivity contribution in [3.8, 4) is 0 Å². The van der Waals surface area contributed by atoms with Crippen LogP contribution in [0.2, 0.25) is 0 Å². The molecular weight excluding hydrogens is 222 g/mol. The van der Waals surface area contributed by atoms with E-state index in [9.17, 15) is 4.79 Å². The fourth-order valence-electron chi connectivity index (χ4n) is 1.32. The molecule has 0 unspecified atom stereocenters. The molecule has 0 spiro atoms. The Kier molecular flexibility index (Phi) is 4.50. The molecule has 4 heteroatoms. The van der Waals surface area contributed by atoms with Crippen LogP contribution in [0.15, 0.2) is 12.1 Å². The van der Waals surface area contributed by atoms with Gasteiger partial charge in [-0.05, 0) is 32.9 Å². The van der Waals surface area contributed by atoms with Crippen molar-refractivity contribution in [3.05, 3.63) is 21.9 Å². The van der Waals surface area contributed by atoms with Crippen LogP contribution in [0.3, 0.4) is 0 Å². The molecule has 90 valence electrons. The standard InChI is InChI=1S/C12H19NO2S/c1-7-5-6-11(16-7)8(2)10(4)15-12(14)9(3)13/h5-6,8-10H,13H2,1-4H3/t8-,9+,10+/m1/s1. The summed E-state index contributed by atoms with van der Waals surface area (Å²) in [6, 6.07) is 3.61. The SMILES string of the molecule is Cc1ccc([C@H](C)[C@H](C)OC(=O)[C@H](C)N)s1. The van der Waals surface area contributed by atoms with Crippen LogP contribution in [0.25, 0.3) is 0 Å². The number of aryl methyl sites for hydroxylation is 1. The van der Waals surface area contributed by atoms with Crippen molar-refractivity contribution in [2.24, 2.45) is 5.73 Å². The summed E-state index contributed by atoms with van der Waals surface area (Å²) in [5.41, 5.74) is 5.46. The molecule has 0 aliphatic rings. The van der Waals surface area contributed by atoms with E-state index in [1.54, 1.807) is 18.3 Å². The maximum Gasteiger partial charge on any atom is 0.322 e. The second-order valence-electron chi connectivity index (χ2n) is 4.17. The molecule has 2 N–H and O–H groups in total. The smallest absolute Gasteiger partial charge is 0.322 e. The van der Waals surface area contributed by atoms with Gasteiger partial charge >= 0.3 is 5.97 Å². The zero-order chi connectivity index (χ0) is 12.3. The van der Waals surface area contributed by atoms with Gasteiger partial charge in [0.25, 0.3) is 0 Å². The molecule has 0 amide bonds. The Morgan fingerprint density at radius 2 is 2.00 bits per heavy atom. The molecule has 1 heterocycles. The fourth-order valence-corrected chi connectivity index (χ4v) is 2.34. The number of carbonyl (C=O) groups is 1. The minimum Gasteiger partial charge on any atom is -0.461 e. The van der Waals surface area contributed by atoms with Gasteiger partial charge in [0.15, 0.2) is 0 Å². The van der Waals surface area contributed by atoms with Gasteiger partial charge in [-0.3, -0.25) is 4.79 Å². The number of nitrogens with two attached hydrogens (primary N) is 1. The Bertz CT molecular complexity index is 360. The van der Waals surface area contributed by atoms with Gasteiger partial charge in [-0.2, -0.15) is 0 Å². The minimum atomic E-state index is -0.556. The zero-order valence-electron chi connectivity index (χ0n) is 10.2. The summed E-state index contributed by atoms with van der Waals surface area (Å²) in [5, 5.41) is 0. The third kappa shape index (κ3) is 3.32. The highest BCUT2D eigenvalue weighted by Crippen LogP contribution is 2.28. The van der Waals surface area contributed by atoms with E-state index in [-0.39, 0.29) is 18.0 Å². The van der Waals surface area contributed by atoms with E-state index in [0.29, 0.717) is 0 Å². The van der Waals surface area contributed by atoms with E-state index in [4.69, 9.17) is 10.5 Å². The van der Waals surface area contributed by atoms with Crippen LogP contribution in [0.5, 0.6) is 0 Å². The number of ether oxygens (including phenoxy) is 1. The van der Waals surface area contributed by atoms with Crippen LogP contribution < -0.4 is 5.73 Å². The highest BCUT2D eigenvalue weighted by Gasteiger charge is 2.21. The van der Waals surface area contributed by atoms with Crippen molar-refractivity contribution in [2.45, 2.75) is 45.8 Å². The van der Waals surface area contributed by atoms with Gasteiger partial charge in [-0.15, -0.1) is 11.3 Å². The Morgan fingerprint density at radius 3 is 2.44 bits per heavy atom. The number of carbonyl (C=O) groups excluding carboxylic acids is 1. The van der Waals surface area contributed by atoms with Gasteiger partial charge < -0.3 is 10.5 Å². The van der Waals surface area contributed by atoms with Gasteiger partial charge in [0.05, 0.1) is 0 Å². The molecule has 0 radical (unpaired) electrons. The lowest BCUT2D eigenvalue weighted by Gasteiger charge is -2.20. The fraction of sp³-hybridized carbons (Fsp3) is 0.583. The highest BCUT2D eigenvalue weighted by molar-refractivity contribution is 7.12. The van der Waals surface area contributed by atoms with Gasteiger partial charge in [0.2, 0.25) is 0 Å². The number of hydrogen-bond donors (Lipinski definition) is 1. The second-order valence-corrected chi connectivity index (χ2v) is 5.49.